The molecule has 0 bridgehead atoms. The van der Waals surface area contributed by atoms with Crippen LogP contribution in [0, 0.1) is 0 Å². The number of methoxy groups -OCH3 is 1. The van der Waals surface area contributed by atoms with Gasteiger partial charge in [0.25, 0.3) is 10.0 Å². The number of nitrogens with zero attached hydrogens (tertiary/aromatic N) is 2. The molecule has 0 unspecified atom stereocenters. The van der Waals surface area contributed by atoms with Gasteiger partial charge < -0.3 is 9.72 Å². The van der Waals surface area contributed by atoms with Gasteiger partial charge in [0.2, 0.25) is 0 Å². The molecule has 0 saturated heterocycles. The summed E-state index contributed by atoms with van der Waals surface area (Å²) in [7, 11) is -0.417. The average molecular weight is 247 g/mol. The summed E-state index contributed by atoms with van der Waals surface area (Å²) in [6, 6.07) is 0. The standard InChI is InChI=1S/C9H17N3O3S/c1-4-8-10-7-9(11-8)16(13,14)12(2)5-6-15-3/h7H,4-6H2,1-3H3,(H,10,11). The number of imidazole rings is 1. The lowest BCUT2D eigenvalue weighted by atomic mass is 10.5. The number of H-pyrrole nitrogens is 1. The third-order valence-corrected chi connectivity index (χ3v) is 4.01. The zero-order chi connectivity index (χ0) is 12.2. The van der Waals surface area contributed by atoms with Crippen molar-refractivity contribution in [2.45, 2.75) is 18.4 Å². The highest BCUT2D eigenvalue weighted by Crippen LogP contribution is 2.11. The van der Waals surface area contributed by atoms with Gasteiger partial charge in [-0.05, 0) is 0 Å². The van der Waals surface area contributed by atoms with Gasteiger partial charge in [-0.3, -0.25) is 0 Å². The van der Waals surface area contributed by atoms with Crippen molar-refractivity contribution < 1.29 is 13.2 Å². The number of aryl methyl sites for hydroxylation is 1. The number of rotatable bonds is 6. The van der Waals surface area contributed by atoms with Gasteiger partial charge in [-0.1, -0.05) is 6.92 Å². The summed E-state index contributed by atoms with van der Waals surface area (Å²) in [5.74, 6) is 0.665. The third kappa shape index (κ3) is 2.81. The average Bonchev–Trinajstić information content (AvgIpc) is 2.74. The van der Waals surface area contributed by atoms with E-state index in [4.69, 9.17) is 4.74 Å². The lowest BCUT2D eigenvalue weighted by Crippen LogP contribution is -2.30. The minimum Gasteiger partial charge on any atom is -0.383 e. The highest BCUT2D eigenvalue weighted by Gasteiger charge is 2.22. The fourth-order valence-corrected chi connectivity index (χ4v) is 2.25. The van der Waals surface area contributed by atoms with Crippen LogP contribution in [0.3, 0.4) is 0 Å². The summed E-state index contributed by atoms with van der Waals surface area (Å²) in [4.78, 5) is 6.75. The second-order valence-electron chi connectivity index (χ2n) is 3.37. The van der Waals surface area contributed by atoms with E-state index < -0.39 is 10.0 Å². The number of aromatic amines is 1. The van der Waals surface area contributed by atoms with Crippen LogP contribution in [0.5, 0.6) is 0 Å². The Hall–Kier alpha value is -0.920. The summed E-state index contributed by atoms with van der Waals surface area (Å²) in [5.41, 5.74) is 0. The van der Waals surface area contributed by atoms with Crippen LogP contribution in [-0.2, 0) is 21.2 Å². The molecule has 0 aliphatic rings. The van der Waals surface area contributed by atoms with Gasteiger partial charge in [-0.25, -0.2) is 13.4 Å². The molecule has 0 aromatic carbocycles. The second kappa shape index (κ2) is 5.42. The Morgan fingerprint density at radius 2 is 2.25 bits per heavy atom. The van der Waals surface area contributed by atoms with E-state index in [2.05, 4.69) is 9.97 Å². The molecule has 1 rings (SSSR count). The smallest absolute Gasteiger partial charge is 0.259 e. The summed E-state index contributed by atoms with van der Waals surface area (Å²) >= 11 is 0. The predicted molar refractivity (Wildman–Crippen MR) is 59.7 cm³/mol. The first-order valence-electron chi connectivity index (χ1n) is 5.01. The maximum absolute atomic E-state index is 12.0. The first kappa shape index (κ1) is 13.1. The summed E-state index contributed by atoms with van der Waals surface area (Å²) in [6.45, 7) is 2.59. The zero-order valence-corrected chi connectivity index (χ0v) is 10.5. The van der Waals surface area contributed by atoms with E-state index in [1.54, 1.807) is 0 Å². The second-order valence-corrected chi connectivity index (χ2v) is 5.38. The minimum absolute atomic E-state index is 0.128. The molecule has 0 atom stereocenters. The van der Waals surface area contributed by atoms with Crippen molar-refractivity contribution in [3.05, 3.63) is 12.0 Å². The summed E-state index contributed by atoms with van der Waals surface area (Å²) in [6.07, 6.45) is 2.02. The fraction of sp³-hybridized carbons (Fsp3) is 0.667. The molecular weight excluding hydrogens is 230 g/mol. The van der Waals surface area contributed by atoms with Gasteiger partial charge in [0.15, 0.2) is 5.03 Å². The van der Waals surface area contributed by atoms with Gasteiger partial charge in [-0.15, -0.1) is 0 Å². The molecule has 16 heavy (non-hydrogen) atoms. The number of sulfonamides is 1. The number of nitrogens with one attached hydrogen (secondary N) is 1. The first-order valence-corrected chi connectivity index (χ1v) is 6.45. The van der Waals surface area contributed by atoms with Crippen LogP contribution in [-0.4, -0.2) is 50.0 Å². The van der Waals surface area contributed by atoms with Crippen molar-refractivity contribution in [3.8, 4) is 0 Å². The van der Waals surface area contributed by atoms with Crippen LogP contribution in [0.2, 0.25) is 0 Å². The van der Waals surface area contributed by atoms with Crippen LogP contribution >= 0.6 is 0 Å². The molecular formula is C9H17N3O3S. The first-order chi connectivity index (χ1) is 7.52. The summed E-state index contributed by atoms with van der Waals surface area (Å²) in [5, 5.41) is 0.128. The number of ether oxygens (including phenoxy) is 1. The maximum Gasteiger partial charge on any atom is 0.259 e. The maximum atomic E-state index is 12.0. The molecule has 0 fully saturated rings. The van der Waals surface area contributed by atoms with E-state index in [1.807, 2.05) is 6.92 Å². The Kier molecular flexibility index (Phi) is 4.45. The van der Waals surface area contributed by atoms with Crippen molar-refractivity contribution in [2.24, 2.45) is 0 Å². The quantitative estimate of drug-likeness (QED) is 0.781. The van der Waals surface area contributed by atoms with Gasteiger partial charge in [0.1, 0.15) is 5.82 Å². The lowest BCUT2D eigenvalue weighted by molar-refractivity contribution is 0.185. The summed E-state index contributed by atoms with van der Waals surface area (Å²) < 4.78 is 30.0. The lowest BCUT2D eigenvalue weighted by Gasteiger charge is -2.14. The minimum atomic E-state index is -3.47. The molecule has 0 aliphatic heterocycles. The number of likely N-dealkylation sites (N-methyl/N-ethyl adjacent to an activating group) is 1. The zero-order valence-electron chi connectivity index (χ0n) is 9.73. The molecule has 1 N–H and O–H groups in total. The molecule has 0 radical (unpaired) electrons. The molecule has 1 aromatic rings. The van der Waals surface area contributed by atoms with Crippen molar-refractivity contribution in [1.82, 2.24) is 14.3 Å². The van der Waals surface area contributed by atoms with Crippen molar-refractivity contribution in [2.75, 3.05) is 27.3 Å². The van der Waals surface area contributed by atoms with E-state index in [9.17, 15) is 8.42 Å². The van der Waals surface area contributed by atoms with E-state index in [0.29, 0.717) is 25.4 Å². The molecule has 0 aliphatic carbocycles. The third-order valence-electron chi connectivity index (χ3n) is 2.24. The molecule has 1 aromatic heterocycles. The Labute approximate surface area is 95.7 Å². The molecule has 6 nitrogen and oxygen atoms in total. The molecule has 7 heteroatoms. The molecule has 0 spiro atoms. The monoisotopic (exact) mass is 247 g/mol. The van der Waals surface area contributed by atoms with Crippen molar-refractivity contribution in [1.29, 1.82) is 0 Å². The number of aromatic nitrogens is 2. The molecule has 1 heterocycles. The normalized spacial score (nSPS) is 12.2. The Bertz CT molecular complexity index is 427. The molecule has 0 saturated carbocycles. The Morgan fingerprint density at radius 3 is 2.75 bits per heavy atom. The topological polar surface area (TPSA) is 75.3 Å². The van der Waals surface area contributed by atoms with E-state index >= 15 is 0 Å². The van der Waals surface area contributed by atoms with Crippen LogP contribution in [0.1, 0.15) is 12.7 Å². The van der Waals surface area contributed by atoms with Crippen LogP contribution in [0.25, 0.3) is 0 Å². The SMILES string of the molecule is CCc1ncc(S(=O)(=O)N(C)CCOC)[nH]1. The van der Waals surface area contributed by atoms with Gasteiger partial charge in [0.05, 0.1) is 12.8 Å². The van der Waals surface area contributed by atoms with Gasteiger partial charge in [-0.2, -0.15) is 4.31 Å². The predicted octanol–water partition coefficient (Wildman–Crippen LogP) is 0.239. The Morgan fingerprint density at radius 1 is 1.56 bits per heavy atom. The van der Waals surface area contributed by atoms with Gasteiger partial charge in [0, 0.05) is 27.1 Å². The largest absolute Gasteiger partial charge is 0.383 e. The highest BCUT2D eigenvalue weighted by molar-refractivity contribution is 7.89. The number of hydrogen-bond acceptors (Lipinski definition) is 4. The van der Waals surface area contributed by atoms with Crippen molar-refractivity contribution in [3.63, 3.8) is 0 Å². The van der Waals surface area contributed by atoms with Crippen LogP contribution in [0.15, 0.2) is 11.2 Å². The van der Waals surface area contributed by atoms with E-state index in [0.717, 1.165) is 0 Å². The van der Waals surface area contributed by atoms with Crippen LogP contribution in [0.4, 0.5) is 0 Å². The molecule has 92 valence electrons. The van der Waals surface area contributed by atoms with Crippen LogP contribution < -0.4 is 0 Å². The highest BCUT2D eigenvalue weighted by atomic mass is 32.2. The van der Waals surface area contributed by atoms with Crippen molar-refractivity contribution >= 4 is 10.0 Å². The van der Waals surface area contributed by atoms with E-state index in [-0.39, 0.29) is 5.03 Å². The van der Waals surface area contributed by atoms with Gasteiger partial charge >= 0.3 is 0 Å². The fourth-order valence-electron chi connectivity index (χ4n) is 1.16. The number of hydrogen-bond donors (Lipinski definition) is 1. The van der Waals surface area contributed by atoms with E-state index in [1.165, 1.54) is 24.7 Å². The molecule has 0 amide bonds. The Balaban J connectivity index is 2.84.